The topological polar surface area (TPSA) is 85.8 Å². The maximum Gasteiger partial charge on any atom is 0.258 e. The molecule has 4 heterocycles. The number of nitrogens with zero attached hydrogens (tertiary/aromatic N) is 5. The first-order valence-corrected chi connectivity index (χ1v) is 8.21. The fraction of sp³-hybridized carbons (Fsp3) is 0.412. The summed E-state index contributed by atoms with van der Waals surface area (Å²) < 4.78 is 12.3. The van der Waals surface area contributed by atoms with Crippen LogP contribution in [0.1, 0.15) is 29.1 Å². The minimum absolute atomic E-state index is 0.0673. The molecule has 0 saturated carbocycles. The van der Waals surface area contributed by atoms with E-state index >= 15 is 0 Å². The number of pyridine rings is 1. The van der Waals surface area contributed by atoms with Gasteiger partial charge in [0.2, 0.25) is 11.7 Å². The summed E-state index contributed by atoms with van der Waals surface area (Å²) >= 11 is 0. The van der Waals surface area contributed by atoms with E-state index in [-0.39, 0.29) is 11.7 Å². The fourth-order valence-corrected chi connectivity index (χ4v) is 3.02. The lowest BCUT2D eigenvalue weighted by Crippen LogP contribution is -2.38. The molecule has 4 rings (SSSR count). The normalized spacial score (nSPS) is 18.7. The van der Waals surface area contributed by atoms with E-state index in [1.54, 1.807) is 23.6 Å². The highest BCUT2D eigenvalue weighted by Gasteiger charge is 2.26. The van der Waals surface area contributed by atoms with Gasteiger partial charge in [0.1, 0.15) is 11.8 Å². The molecule has 0 radical (unpaired) electrons. The van der Waals surface area contributed by atoms with Crippen LogP contribution in [0, 0.1) is 13.8 Å². The molecule has 0 amide bonds. The third kappa shape index (κ3) is 3.31. The molecule has 1 atom stereocenters. The van der Waals surface area contributed by atoms with Gasteiger partial charge in [-0.3, -0.25) is 14.1 Å². The van der Waals surface area contributed by atoms with Gasteiger partial charge in [-0.2, -0.15) is 4.98 Å². The second-order valence-electron chi connectivity index (χ2n) is 6.29. The van der Waals surface area contributed by atoms with Gasteiger partial charge >= 0.3 is 0 Å². The Hall–Kier alpha value is -2.58. The molecule has 1 unspecified atom stereocenters. The zero-order valence-electron chi connectivity index (χ0n) is 14.2. The van der Waals surface area contributed by atoms with E-state index in [0.717, 1.165) is 17.8 Å². The lowest BCUT2D eigenvalue weighted by molar-refractivity contribution is -0.0384. The molecule has 8 heteroatoms. The average Bonchev–Trinajstić information content (AvgIpc) is 3.02. The number of fused-ring (bicyclic) bond motifs is 1. The Morgan fingerprint density at radius 2 is 2.16 bits per heavy atom. The molecule has 25 heavy (non-hydrogen) atoms. The number of morpholine rings is 1. The van der Waals surface area contributed by atoms with E-state index in [4.69, 9.17) is 9.26 Å². The predicted octanol–water partition coefficient (Wildman–Crippen LogP) is 1.27. The van der Waals surface area contributed by atoms with Crippen LogP contribution in [0.15, 0.2) is 33.7 Å². The molecule has 0 bridgehead atoms. The van der Waals surface area contributed by atoms with Crippen molar-refractivity contribution in [3.8, 4) is 0 Å². The number of hydrogen-bond acceptors (Lipinski definition) is 7. The van der Waals surface area contributed by atoms with Crippen LogP contribution in [0.2, 0.25) is 0 Å². The quantitative estimate of drug-likeness (QED) is 0.709. The molecular formula is C17H19N5O3. The summed E-state index contributed by atoms with van der Waals surface area (Å²) in [5.74, 6) is 1.08. The lowest BCUT2D eigenvalue weighted by Gasteiger charge is -2.31. The molecule has 1 aliphatic rings. The second-order valence-corrected chi connectivity index (χ2v) is 6.29. The zero-order chi connectivity index (χ0) is 17.4. The minimum Gasteiger partial charge on any atom is -0.367 e. The smallest absolute Gasteiger partial charge is 0.258 e. The van der Waals surface area contributed by atoms with Crippen molar-refractivity contribution in [2.24, 2.45) is 0 Å². The molecule has 3 aromatic heterocycles. The Morgan fingerprint density at radius 1 is 1.28 bits per heavy atom. The third-order valence-corrected chi connectivity index (χ3v) is 4.23. The van der Waals surface area contributed by atoms with Crippen LogP contribution < -0.4 is 5.56 Å². The number of hydrogen-bond donors (Lipinski definition) is 0. The standard InChI is InChI=1S/C17H19N5O3/c1-11-3-4-15-19-13(7-16(23)22(15)8-11)9-21-5-6-24-14(10-21)17-18-12(2)25-20-17/h3-4,7-8,14H,5-6,9-10H2,1-2H3. The van der Waals surface area contributed by atoms with E-state index < -0.39 is 0 Å². The van der Waals surface area contributed by atoms with Crippen molar-refractivity contribution in [3.63, 3.8) is 0 Å². The van der Waals surface area contributed by atoms with Crippen LogP contribution in [0.4, 0.5) is 0 Å². The van der Waals surface area contributed by atoms with Crippen LogP contribution in [0.25, 0.3) is 5.65 Å². The van der Waals surface area contributed by atoms with Gasteiger partial charge in [-0.15, -0.1) is 0 Å². The predicted molar refractivity (Wildman–Crippen MR) is 89.2 cm³/mol. The highest BCUT2D eigenvalue weighted by atomic mass is 16.5. The Balaban J connectivity index is 1.54. The maximum atomic E-state index is 12.3. The van der Waals surface area contributed by atoms with E-state index in [1.807, 2.05) is 19.1 Å². The molecule has 0 spiro atoms. The SMILES string of the molecule is Cc1ccc2nc(CN3CCOC(c4noc(C)n4)C3)cc(=O)n2c1. The molecule has 1 saturated heterocycles. The molecule has 8 nitrogen and oxygen atoms in total. The number of aromatic nitrogens is 4. The maximum absolute atomic E-state index is 12.3. The number of aryl methyl sites for hydroxylation is 2. The summed E-state index contributed by atoms with van der Waals surface area (Å²) in [6.45, 7) is 6.26. The van der Waals surface area contributed by atoms with Crippen LogP contribution in [0.5, 0.6) is 0 Å². The minimum atomic E-state index is -0.226. The van der Waals surface area contributed by atoms with Crippen molar-refractivity contribution < 1.29 is 9.26 Å². The molecule has 3 aromatic rings. The lowest BCUT2D eigenvalue weighted by atomic mass is 10.2. The van der Waals surface area contributed by atoms with Crippen molar-refractivity contribution >= 4 is 5.65 Å². The third-order valence-electron chi connectivity index (χ3n) is 4.23. The van der Waals surface area contributed by atoms with Gasteiger partial charge < -0.3 is 9.26 Å². The number of ether oxygens (including phenoxy) is 1. The van der Waals surface area contributed by atoms with Gasteiger partial charge in [-0.25, -0.2) is 4.98 Å². The first-order chi connectivity index (χ1) is 12.1. The summed E-state index contributed by atoms with van der Waals surface area (Å²) in [6.07, 6.45) is 1.58. The average molecular weight is 341 g/mol. The Labute approximate surface area is 144 Å². The van der Waals surface area contributed by atoms with Crippen molar-refractivity contribution in [1.82, 2.24) is 24.4 Å². The largest absolute Gasteiger partial charge is 0.367 e. The highest BCUT2D eigenvalue weighted by molar-refractivity contribution is 5.39. The summed E-state index contributed by atoms with van der Waals surface area (Å²) in [5.41, 5.74) is 2.36. The molecule has 0 aromatic carbocycles. The van der Waals surface area contributed by atoms with Crippen molar-refractivity contribution in [3.05, 3.63) is 57.7 Å². The van der Waals surface area contributed by atoms with Crippen LogP contribution >= 0.6 is 0 Å². The molecule has 1 aliphatic heterocycles. The van der Waals surface area contributed by atoms with Crippen LogP contribution in [-0.2, 0) is 11.3 Å². The van der Waals surface area contributed by atoms with Crippen molar-refractivity contribution in [2.75, 3.05) is 19.7 Å². The summed E-state index contributed by atoms with van der Waals surface area (Å²) in [7, 11) is 0. The van der Waals surface area contributed by atoms with Gasteiger partial charge in [0, 0.05) is 38.8 Å². The van der Waals surface area contributed by atoms with Gasteiger partial charge in [0.05, 0.1) is 12.3 Å². The second kappa shape index (κ2) is 6.38. The van der Waals surface area contributed by atoms with Gasteiger partial charge in [0.15, 0.2) is 0 Å². The van der Waals surface area contributed by atoms with Gasteiger partial charge in [-0.1, -0.05) is 11.2 Å². The monoisotopic (exact) mass is 341 g/mol. The van der Waals surface area contributed by atoms with Gasteiger partial charge in [0.25, 0.3) is 5.56 Å². The fourth-order valence-electron chi connectivity index (χ4n) is 3.02. The Kier molecular flexibility index (Phi) is 4.06. The summed E-state index contributed by atoms with van der Waals surface area (Å²) in [6, 6.07) is 5.41. The molecule has 0 aliphatic carbocycles. The number of rotatable bonds is 3. The van der Waals surface area contributed by atoms with Gasteiger partial charge in [-0.05, 0) is 18.6 Å². The first-order valence-electron chi connectivity index (χ1n) is 8.21. The van der Waals surface area contributed by atoms with Crippen LogP contribution in [0.3, 0.4) is 0 Å². The Morgan fingerprint density at radius 3 is 2.96 bits per heavy atom. The summed E-state index contributed by atoms with van der Waals surface area (Å²) in [4.78, 5) is 23.4. The molecule has 130 valence electrons. The first kappa shape index (κ1) is 15.9. The molecule has 1 fully saturated rings. The van der Waals surface area contributed by atoms with E-state index in [2.05, 4.69) is 20.0 Å². The van der Waals surface area contributed by atoms with Crippen LogP contribution in [-0.4, -0.2) is 44.1 Å². The molecular weight excluding hydrogens is 322 g/mol. The van der Waals surface area contributed by atoms with Crippen molar-refractivity contribution in [2.45, 2.75) is 26.5 Å². The van der Waals surface area contributed by atoms with E-state index in [9.17, 15) is 4.79 Å². The molecule has 0 N–H and O–H groups in total. The zero-order valence-corrected chi connectivity index (χ0v) is 14.2. The summed E-state index contributed by atoms with van der Waals surface area (Å²) in [5, 5.41) is 3.94. The van der Waals surface area contributed by atoms with E-state index in [0.29, 0.717) is 37.1 Å². The van der Waals surface area contributed by atoms with Crippen molar-refractivity contribution in [1.29, 1.82) is 0 Å². The van der Waals surface area contributed by atoms with E-state index in [1.165, 1.54) is 0 Å². The Bertz CT molecular complexity index is 964. The highest BCUT2D eigenvalue weighted by Crippen LogP contribution is 2.20.